The van der Waals surface area contributed by atoms with Crippen LogP contribution in [0.5, 0.6) is 5.75 Å². The lowest BCUT2D eigenvalue weighted by Gasteiger charge is -2.36. The molecule has 4 aromatic rings. The van der Waals surface area contributed by atoms with Crippen LogP contribution in [0, 0.1) is 0 Å². The number of aromatic nitrogens is 1. The third-order valence-electron chi connectivity index (χ3n) is 6.39. The van der Waals surface area contributed by atoms with Crippen molar-refractivity contribution in [3.8, 4) is 5.75 Å². The molecule has 33 heavy (non-hydrogen) atoms. The Labute approximate surface area is 198 Å². The van der Waals surface area contributed by atoms with Gasteiger partial charge in [0.2, 0.25) is 0 Å². The minimum Gasteiger partial charge on any atom is -0.497 e. The van der Waals surface area contributed by atoms with Gasteiger partial charge in [-0.1, -0.05) is 42.8 Å². The van der Waals surface area contributed by atoms with Crippen molar-refractivity contribution < 1.29 is 9.53 Å². The van der Waals surface area contributed by atoms with Crippen LogP contribution in [0.2, 0.25) is 5.02 Å². The number of hydrogen-bond acceptors (Lipinski definition) is 2. The molecule has 5 rings (SSSR count). The lowest BCUT2D eigenvalue weighted by Crippen LogP contribution is -2.43. The van der Waals surface area contributed by atoms with Gasteiger partial charge in [0.05, 0.1) is 13.2 Å². The average molecular weight is 460 g/mol. The summed E-state index contributed by atoms with van der Waals surface area (Å²) in [7, 11) is 1.65. The van der Waals surface area contributed by atoms with Crippen molar-refractivity contribution in [2.45, 2.75) is 25.8 Å². The maximum absolute atomic E-state index is 13.5. The summed E-state index contributed by atoms with van der Waals surface area (Å²) in [5, 5.41) is 4.91. The van der Waals surface area contributed by atoms with Crippen LogP contribution in [0.3, 0.4) is 0 Å². The molecule has 0 radical (unpaired) electrons. The number of nitrogens with one attached hydrogen (secondary N) is 2. The van der Waals surface area contributed by atoms with Crippen LogP contribution < -0.4 is 10.1 Å². The zero-order chi connectivity index (χ0) is 22.9. The number of rotatable bonds is 4. The summed E-state index contributed by atoms with van der Waals surface area (Å²) in [5.41, 5.74) is 6.32. The minimum absolute atomic E-state index is 0.123. The number of urea groups is 1. The largest absolute Gasteiger partial charge is 0.497 e. The zero-order valence-electron chi connectivity index (χ0n) is 18.7. The first-order valence-electron chi connectivity index (χ1n) is 11.2. The Bertz CT molecular complexity index is 1300. The molecule has 0 aliphatic carbocycles. The van der Waals surface area contributed by atoms with Crippen LogP contribution in [-0.4, -0.2) is 29.6 Å². The van der Waals surface area contributed by atoms with Crippen molar-refractivity contribution >= 4 is 34.2 Å². The fourth-order valence-electron chi connectivity index (χ4n) is 4.63. The highest BCUT2D eigenvalue weighted by atomic mass is 35.5. The van der Waals surface area contributed by atoms with Gasteiger partial charge in [0.1, 0.15) is 5.75 Å². The third-order valence-corrected chi connectivity index (χ3v) is 6.63. The second-order valence-electron chi connectivity index (χ2n) is 8.31. The summed E-state index contributed by atoms with van der Waals surface area (Å²) in [5.74, 6) is 0.783. The van der Waals surface area contributed by atoms with Crippen molar-refractivity contribution in [1.82, 2.24) is 9.88 Å². The van der Waals surface area contributed by atoms with Gasteiger partial charge in [-0.2, -0.15) is 0 Å². The molecule has 0 bridgehead atoms. The van der Waals surface area contributed by atoms with E-state index in [2.05, 4.69) is 17.2 Å². The molecule has 2 amide bonds. The van der Waals surface area contributed by atoms with Crippen molar-refractivity contribution in [2.75, 3.05) is 19.0 Å². The molecule has 1 unspecified atom stereocenters. The number of anilines is 1. The molecule has 0 fully saturated rings. The van der Waals surface area contributed by atoms with Gasteiger partial charge in [0, 0.05) is 33.9 Å². The Morgan fingerprint density at radius 3 is 2.58 bits per heavy atom. The molecule has 1 aromatic heterocycles. The second-order valence-corrected chi connectivity index (χ2v) is 8.74. The molecule has 0 saturated heterocycles. The van der Waals surface area contributed by atoms with Crippen LogP contribution in [0.15, 0.2) is 66.7 Å². The number of carbonyl (C=O) groups excluding carboxylic acids is 1. The Kier molecular flexibility index (Phi) is 5.73. The summed E-state index contributed by atoms with van der Waals surface area (Å²) >= 11 is 6.29. The number of methoxy groups -OCH3 is 1. The maximum atomic E-state index is 13.5. The van der Waals surface area contributed by atoms with E-state index < -0.39 is 0 Å². The van der Waals surface area contributed by atoms with E-state index in [1.54, 1.807) is 7.11 Å². The molecule has 168 valence electrons. The van der Waals surface area contributed by atoms with Crippen LogP contribution in [0.25, 0.3) is 10.9 Å². The van der Waals surface area contributed by atoms with Crippen molar-refractivity contribution in [3.63, 3.8) is 0 Å². The first-order valence-corrected chi connectivity index (χ1v) is 11.6. The van der Waals surface area contributed by atoms with Crippen LogP contribution in [0.1, 0.15) is 35.3 Å². The van der Waals surface area contributed by atoms with Gasteiger partial charge < -0.3 is 19.9 Å². The fraction of sp³-hybridized carbons (Fsp3) is 0.222. The van der Waals surface area contributed by atoms with E-state index in [4.69, 9.17) is 16.3 Å². The summed E-state index contributed by atoms with van der Waals surface area (Å²) in [4.78, 5) is 18.9. The summed E-state index contributed by atoms with van der Waals surface area (Å²) in [6, 6.07) is 21.4. The molecule has 2 N–H and O–H groups in total. The van der Waals surface area contributed by atoms with Gasteiger partial charge in [-0.25, -0.2) is 4.79 Å². The highest BCUT2D eigenvalue weighted by Gasteiger charge is 2.34. The molecule has 1 aliphatic rings. The molecule has 1 aliphatic heterocycles. The molecule has 0 saturated carbocycles. The molecular formula is C27H26ClN3O2. The number of H-pyrrole nitrogens is 1. The monoisotopic (exact) mass is 459 g/mol. The number of fused-ring (bicyclic) bond motifs is 3. The highest BCUT2D eigenvalue weighted by molar-refractivity contribution is 6.31. The van der Waals surface area contributed by atoms with Gasteiger partial charge in [-0.3, -0.25) is 0 Å². The number of halogens is 1. The van der Waals surface area contributed by atoms with Crippen LogP contribution >= 0.6 is 11.6 Å². The topological polar surface area (TPSA) is 57.4 Å². The molecule has 5 nitrogen and oxygen atoms in total. The molecule has 1 atom stereocenters. The second kappa shape index (κ2) is 8.83. The number of amides is 2. The third kappa shape index (κ3) is 4.05. The van der Waals surface area contributed by atoms with E-state index in [0.29, 0.717) is 11.6 Å². The lowest BCUT2D eigenvalue weighted by molar-refractivity contribution is 0.193. The van der Waals surface area contributed by atoms with E-state index in [0.717, 1.165) is 46.4 Å². The fourth-order valence-corrected chi connectivity index (χ4v) is 4.80. The van der Waals surface area contributed by atoms with E-state index in [-0.39, 0.29) is 12.1 Å². The number of hydrogen-bond donors (Lipinski definition) is 2. The van der Waals surface area contributed by atoms with E-state index >= 15 is 0 Å². The molecule has 3 aromatic carbocycles. The van der Waals surface area contributed by atoms with Gasteiger partial charge in [0.25, 0.3) is 0 Å². The van der Waals surface area contributed by atoms with Gasteiger partial charge in [0.15, 0.2) is 0 Å². The predicted octanol–water partition coefficient (Wildman–Crippen LogP) is 6.57. The Hall–Kier alpha value is -3.44. The number of ether oxygens (including phenoxy) is 1. The van der Waals surface area contributed by atoms with E-state index in [1.807, 2.05) is 71.6 Å². The Morgan fingerprint density at radius 2 is 1.88 bits per heavy atom. The molecule has 2 heterocycles. The Morgan fingerprint density at radius 1 is 1.12 bits per heavy atom. The molecule has 0 spiro atoms. The molecular weight excluding hydrogens is 434 g/mol. The van der Waals surface area contributed by atoms with E-state index in [1.165, 1.54) is 11.1 Å². The average Bonchev–Trinajstić information content (AvgIpc) is 3.21. The van der Waals surface area contributed by atoms with E-state index in [9.17, 15) is 4.79 Å². The number of carbonyl (C=O) groups is 1. The smallest absolute Gasteiger partial charge is 0.322 e. The van der Waals surface area contributed by atoms with Crippen molar-refractivity contribution in [1.29, 1.82) is 0 Å². The van der Waals surface area contributed by atoms with Gasteiger partial charge >= 0.3 is 6.03 Å². The SMILES string of the molecule is CCc1ccc(NC(=O)N2CCc3c([nH]c4ccc(Cl)cc34)C2c2ccc(OC)cc2)cc1. The predicted molar refractivity (Wildman–Crippen MR) is 133 cm³/mol. The number of aryl methyl sites for hydroxylation is 1. The van der Waals surface area contributed by atoms with Crippen molar-refractivity contribution in [2.24, 2.45) is 0 Å². The van der Waals surface area contributed by atoms with Gasteiger partial charge in [-0.15, -0.1) is 0 Å². The number of nitrogens with zero attached hydrogens (tertiary/aromatic N) is 1. The Balaban J connectivity index is 1.54. The standard InChI is InChI=1S/C27H26ClN3O2/c1-3-17-4-9-20(10-5-17)29-27(32)31-15-14-22-23-16-19(28)8-13-24(23)30-25(22)26(31)18-6-11-21(33-2)12-7-18/h4-13,16,26,30H,3,14-15H2,1-2H3,(H,29,32). The lowest BCUT2D eigenvalue weighted by atomic mass is 9.92. The van der Waals surface area contributed by atoms with Crippen molar-refractivity contribution in [3.05, 3.63) is 94.1 Å². The van der Waals surface area contributed by atoms with Crippen LogP contribution in [-0.2, 0) is 12.8 Å². The highest BCUT2D eigenvalue weighted by Crippen LogP contribution is 2.39. The normalized spacial score (nSPS) is 15.4. The minimum atomic E-state index is -0.249. The van der Waals surface area contributed by atoms with Crippen LogP contribution in [0.4, 0.5) is 10.5 Å². The summed E-state index contributed by atoms with van der Waals surface area (Å²) in [6.07, 6.45) is 1.72. The zero-order valence-corrected chi connectivity index (χ0v) is 19.4. The quantitative estimate of drug-likeness (QED) is 0.362. The maximum Gasteiger partial charge on any atom is 0.322 e. The summed E-state index contributed by atoms with van der Waals surface area (Å²) < 4.78 is 5.34. The molecule has 6 heteroatoms. The number of benzene rings is 3. The number of aromatic amines is 1. The summed E-state index contributed by atoms with van der Waals surface area (Å²) in [6.45, 7) is 2.72. The van der Waals surface area contributed by atoms with Gasteiger partial charge in [-0.05, 0) is 72.0 Å². The first-order chi connectivity index (χ1) is 16.1. The first kappa shape index (κ1) is 21.4.